The van der Waals surface area contributed by atoms with Gasteiger partial charge in [-0.3, -0.25) is 20.2 Å². The Morgan fingerprint density at radius 3 is 2.50 bits per heavy atom. The molecule has 0 spiro atoms. The molecule has 1 atom stereocenters. The fourth-order valence-electron chi connectivity index (χ4n) is 4.67. The first-order valence-electron chi connectivity index (χ1n) is 12.5. The monoisotopic (exact) mass is 480 g/mol. The molecule has 184 valence electrons. The maximum atomic E-state index is 13.6. The van der Waals surface area contributed by atoms with Gasteiger partial charge < -0.3 is 14.5 Å². The van der Waals surface area contributed by atoms with Crippen molar-refractivity contribution in [2.45, 2.75) is 52.7 Å². The summed E-state index contributed by atoms with van der Waals surface area (Å²) >= 11 is 0. The Hall–Kier alpha value is -4.00. The summed E-state index contributed by atoms with van der Waals surface area (Å²) in [7, 11) is 0. The van der Waals surface area contributed by atoms with E-state index in [9.17, 15) is 4.79 Å². The fourth-order valence-corrected chi connectivity index (χ4v) is 4.67. The third-order valence-electron chi connectivity index (χ3n) is 6.78. The van der Waals surface area contributed by atoms with Crippen LogP contribution in [0.3, 0.4) is 0 Å². The molecule has 0 aliphatic heterocycles. The van der Waals surface area contributed by atoms with Crippen molar-refractivity contribution >= 4 is 5.91 Å². The Kier molecular flexibility index (Phi) is 6.55. The molecule has 0 saturated heterocycles. The number of carbonyl (C=O) groups excluding carboxylic acids is 1. The SMILES string of the molecule is CCn1ccn(Cc2cc(C(=O)NC(c3cc(C)ccn3)C3CC3)cc(-c3ccnc(C)c3)c2)c1=N. The van der Waals surface area contributed by atoms with Gasteiger partial charge in [-0.25, -0.2) is 0 Å². The summed E-state index contributed by atoms with van der Waals surface area (Å²) in [6.07, 6.45) is 9.64. The summed E-state index contributed by atoms with van der Waals surface area (Å²) in [5.41, 5.74) is 6.97. The number of benzene rings is 1. The van der Waals surface area contributed by atoms with Crippen molar-refractivity contribution in [3.05, 3.63) is 101 Å². The molecule has 3 aromatic heterocycles. The van der Waals surface area contributed by atoms with Crippen LogP contribution in [-0.4, -0.2) is 25.0 Å². The predicted molar refractivity (Wildman–Crippen MR) is 139 cm³/mol. The van der Waals surface area contributed by atoms with Crippen LogP contribution in [-0.2, 0) is 13.1 Å². The molecule has 0 bridgehead atoms. The van der Waals surface area contributed by atoms with E-state index in [0.717, 1.165) is 53.0 Å². The maximum Gasteiger partial charge on any atom is 0.251 e. The summed E-state index contributed by atoms with van der Waals surface area (Å²) in [5.74, 6) is 0.315. The Morgan fingerprint density at radius 1 is 1.03 bits per heavy atom. The first-order chi connectivity index (χ1) is 17.4. The van der Waals surface area contributed by atoms with Gasteiger partial charge in [0, 0.05) is 42.6 Å². The zero-order valence-electron chi connectivity index (χ0n) is 21.0. The van der Waals surface area contributed by atoms with Gasteiger partial charge in [0.25, 0.3) is 5.91 Å². The highest BCUT2D eigenvalue weighted by atomic mass is 16.1. The van der Waals surface area contributed by atoms with E-state index in [1.807, 2.05) is 78.8 Å². The Balaban J connectivity index is 1.50. The summed E-state index contributed by atoms with van der Waals surface area (Å²) < 4.78 is 3.78. The van der Waals surface area contributed by atoms with Gasteiger partial charge in [-0.15, -0.1) is 0 Å². The van der Waals surface area contributed by atoms with Crippen LogP contribution in [0.25, 0.3) is 11.1 Å². The van der Waals surface area contributed by atoms with Crippen molar-refractivity contribution in [3.8, 4) is 11.1 Å². The molecule has 1 saturated carbocycles. The van der Waals surface area contributed by atoms with Crippen LogP contribution < -0.4 is 10.9 Å². The van der Waals surface area contributed by atoms with Gasteiger partial charge in [0.05, 0.1) is 18.3 Å². The molecule has 7 heteroatoms. The molecule has 1 fully saturated rings. The van der Waals surface area contributed by atoms with Crippen molar-refractivity contribution in [1.82, 2.24) is 24.4 Å². The molecule has 4 aromatic rings. The minimum Gasteiger partial charge on any atom is -0.343 e. The molecule has 1 aliphatic carbocycles. The molecule has 1 amide bonds. The molecule has 1 aromatic carbocycles. The Bertz CT molecular complexity index is 1460. The number of amides is 1. The van der Waals surface area contributed by atoms with Crippen LogP contribution in [0.15, 0.2) is 67.3 Å². The van der Waals surface area contributed by atoms with Gasteiger partial charge in [0.2, 0.25) is 5.62 Å². The number of pyridine rings is 2. The first kappa shape index (κ1) is 23.7. The lowest BCUT2D eigenvalue weighted by atomic mass is 9.98. The van der Waals surface area contributed by atoms with Crippen LogP contribution in [0.5, 0.6) is 0 Å². The van der Waals surface area contributed by atoms with E-state index < -0.39 is 0 Å². The van der Waals surface area contributed by atoms with E-state index in [0.29, 0.717) is 23.6 Å². The zero-order chi connectivity index (χ0) is 25.2. The summed E-state index contributed by atoms with van der Waals surface area (Å²) in [6.45, 7) is 7.29. The Morgan fingerprint density at radius 2 is 1.81 bits per heavy atom. The number of aryl methyl sites for hydroxylation is 3. The van der Waals surface area contributed by atoms with Crippen LogP contribution in [0, 0.1) is 25.2 Å². The smallest absolute Gasteiger partial charge is 0.251 e. The molecule has 1 aliphatic rings. The molecular formula is C29H32N6O. The first-order valence-corrected chi connectivity index (χ1v) is 12.5. The van der Waals surface area contributed by atoms with Gasteiger partial charge in [0.1, 0.15) is 0 Å². The number of hydrogen-bond acceptors (Lipinski definition) is 4. The van der Waals surface area contributed by atoms with Crippen molar-refractivity contribution in [2.75, 3.05) is 0 Å². The lowest BCUT2D eigenvalue weighted by molar-refractivity contribution is 0.0930. The van der Waals surface area contributed by atoms with Gasteiger partial charge in [0.15, 0.2) is 0 Å². The van der Waals surface area contributed by atoms with Gasteiger partial charge >= 0.3 is 0 Å². The zero-order valence-corrected chi connectivity index (χ0v) is 21.0. The topological polar surface area (TPSA) is 88.6 Å². The fraction of sp³-hybridized carbons (Fsp3) is 0.310. The molecular weight excluding hydrogens is 448 g/mol. The quantitative estimate of drug-likeness (QED) is 0.380. The minimum atomic E-state index is -0.105. The van der Waals surface area contributed by atoms with Crippen LogP contribution in [0.1, 0.15) is 58.7 Å². The highest BCUT2D eigenvalue weighted by Gasteiger charge is 2.34. The number of nitrogens with one attached hydrogen (secondary N) is 2. The number of rotatable bonds is 8. The number of nitrogens with zero attached hydrogens (tertiary/aromatic N) is 4. The van der Waals surface area contributed by atoms with E-state index >= 15 is 0 Å². The molecule has 5 rings (SSSR count). The molecule has 1 unspecified atom stereocenters. The van der Waals surface area contributed by atoms with Gasteiger partial charge in [-0.2, -0.15) is 0 Å². The molecule has 7 nitrogen and oxygen atoms in total. The standard InChI is InChI=1S/C29H32N6O/c1-4-34-11-12-35(29(34)30)18-21-15-24(23-8-10-31-20(3)14-23)17-25(16-21)28(36)33-27(22-5-6-22)26-13-19(2)7-9-32-26/h7-17,22,27,30H,4-6,18H2,1-3H3,(H,33,36). The van der Waals surface area contributed by atoms with Gasteiger partial charge in [-0.1, -0.05) is 0 Å². The molecule has 0 radical (unpaired) electrons. The average molecular weight is 481 g/mol. The maximum absolute atomic E-state index is 13.6. The Labute approximate surface area is 211 Å². The van der Waals surface area contributed by atoms with Gasteiger partial charge in [-0.05, 0) is 104 Å². The normalized spacial score (nSPS) is 14.0. The lowest BCUT2D eigenvalue weighted by Gasteiger charge is -2.19. The molecule has 2 N–H and O–H groups in total. The highest BCUT2D eigenvalue weighted by molar-refractivity contribution is 5.96. The van der Waals surface area contributed by atoms with E-state index in [1.165, 1.54) is 0 Å². The second-order valence-electron chi connectivity index (χ2n) is 9.69. The molecule has 3 heterocycles. The van der Waals surface area contributed by atoms with Crippen molar-refractivity contribution in [3.63, 3.8) is 0 Å². The van der Waals surface area contributed by atoms with Crippen molar-refractivity contribution in [1.29, 1.82) is 5.41 Å². The number of hydrogen-bond donors (Lipinski definition) is 2. The van der Waals surface area contributed by atoms with Crippen LogP contribution >= 0.6 is 0 Å². The largest absolute Gasteiger partial charge is 0.343 e. The van der Waals surface area contributed by atoms with E-state index in [4.69, 9.17) is 5.41 Å². The number of imidazole rings is 1. The second-order valence-corrected chi connectivity index (χ2v) is 9.69. The summed E-state index contributed by atoms with van der Waals surface area (Å²) in [6, 6.07) is 13.9. The molecule has 36 heavy (non-hydrogen) atoms. The minimum absolute atomic E-state index is 0.0968. The summed E-state index contributed by atoms with van der Waals surface area (Å²) in [5, 5.41) is 11.7. The number of aromatic nitrogens is 4. The van der Waals surface area contributed by atoms with Crippen LogP contribution in [0.2, 0.25) is 0 Å². The van der Waals surface area contributed by atoms with Crippen molar-refractivity contribution in [2.24, 2.45) is 5.92 Å². The van der Waals surface area contributed by atoms with Crippen LogP contribution in [0.4, 0.5) is 0 Å². The van der Waals surface area contributed by atoms with E-state index in [2.05, 4.69) is 27.4 Å². The number of carbonyl (C=O) groups is 1. The predicted octanol–water partition coefficient (Wildman–Crippen LogP) is 4.79. The third-order valence-corrected chi connectivity index (χ3v) is 6.78. The van der Waals surface area contributed by atoms with E-state index in [-0.39, 0.29) is 11.9 Å². The lowest BCUT2D eigenvalue weighted by Crippen LogP contribution is -2.30. The average Bonchev–Trinajstić information content (AvgIpc) is 3.66. The third kappa shape index (κ3) is 5.15. The highest BCUT2D eigenvalue weighted by Crippen LogP contribution is 2.40. The summed E-state index contributed by atoms with van der Waals surface area (Å²) in [4.78, 5) is 22.5. The van der Waals surface area contributed by atoms with Crippen molar-refractivity contribution < 1.29 is 4.79 Å². The second kappa shape index (κ2) is 9.93. The van der Waals surface area contributed by atoms with E-state index in [1.54, 1.807) is 6.20 Å².